The van der Waals surface area contributed by atoms with Crippen molar-refractivity contribution in [3.05, 3.63) is 94.2 Å². The molecule has 1 N–H and O–H groups in total. The van der Waals surface area contributed by atoms with Crippen molar-refractivity contribution in [2.75, 3.05) is 17.9 Å². The van der Waals surface area contributed by atoms with E-state index in [1.54, 1.807) is 16.7 Å². The Morgan fingerprint density at radius 3 is 2.32 bits per heavy atom. The smallest absolute Gasteiger partial charge is 0.331 e. The van der Waals surface area contributed by atoms with Crippen LogP contribution in [-0.4, -0.2) is 62.8 Å². The number of β-lactam (4-membered cyclic amide) rings is 1. The first-order chi connectivity index (χ1) is 18.5. The van der Waals surface area contributed by atoms with Gasteiger partial charge in [0.05, 0.1) is 11.2 Å². The number of thiophene rings is 1. The number of amides is 2. The number of rotatable bonds is 9. The molecule has 4 atom stereocenters. The van der Waals surface area contributed by atoms with Gasteiger partial charge in [-0.05, 0) is 28.8 Å². The van der Waals surface area contributed by atoms with E-state index in [1.807, 2.05) is 84.4 Å². The summed E-state index contributed by atoms with van der Waals surface area (Å²) in [6, 6.07) is 21.3. The molecule has 0 saturated carbocycles. The van der Waals surface area contributed by atoms with Crippen LogP contribution in [0.15, 0.2) is 78.2 Å². The second kappa shape index (κ2) is 11.7. The SMILES string of the molecule is CS[C@]1(CCl)CS[C@@H]2[C@H](NC(=O)Cc3cccs3)C(=O)N2[C@H]1C(=O)OC(c1ccccc1)c1ccccc1. The third kappa shape index (κ3) is 5.21. The highest BCUT2D eigenvalue weighted by atomic mass is 35.5. The number of ether oxygens (including phenoxy) is 1. The molecule has 0 radical (unpaired) electrons. The third-order valence-electron chi connectivity index (χ3n) is 6.88. The highest BCUT2D eigenvalue weighted by Crippen LogP contribution is 2.48. The Morgan fingerprint density at radius 2 is 1.76 bits per heavy atom. The Kier molecular flexibility index (Phi) is 8.38. The van der Waals surface area contributed by atoms with E-state index < -0.39 is 28.9 Å². The largest absolute Gasteiger partial charge is 0.451 e. The van der Waals surface area contributed by atoms with E-state index in [0.29, 0.717) is 5.75 Å². The van der Waals surface area contributed by atoms with Crippen molar-refractivity contribution in [2.24, 2.45) is 0 Å². The van der Waals surface area contributed by atoms with Crippen LogP contribution in [0.5, 0.6) is 0 Å². The molecule has 3 aromatic rings. The van der Waals surface area contributed by atoms with Crippen molar-refractivity contribution < 1.29 is 19.1 Å². The van der Waals surface area contributed by atoms with Gasteiger partial charge in [-0.15, -0.1) is 34.7 Å². The van der Waals surface area contributed by atoms with Crippen molar-refractivity contribution in [2.45, 2.75) is 34.7 Å². The van der Waals surface area contributed by atoms with Gasteiger partial charge in [-0.3, -0.25) is 9.59 Å². The highest BCUT2D eigenvalue weighted by Gasteiger charge is 2.63. The Morgan fingerprint density at radius 1 is 1.11 bits per heavy atom. The first-order valence-electron chi connectivity index (χ1n) is 12.1. The van der Waals surface area contributed by atoms with Crippen LogP contribution in [0.25, 0.3) is 0 Å². The van der Waals surface area contributed by atoms with Crippen molar-refractivity contribution >= 4 is 64.2 Å². The van der Waals surface area contributed by atoms with Crippen molar-refractivity contribution in [1.82, 2.24) is 10.2 Å². The van der Waals surface area contributed by atoms with Gasteiger partial charge >= 0.3 is 5.97 Å². The zero-order chi connectivity index (χ0) is 26.7. The zero-order valence-electron chi connectivity index (χ0n) is 20.6. The first kappa shape index (κ1) is 27.1. The molecule has 0 unspecified atom stereocenters. The lowest BCUT2D eigenvalue weighted by Crippen LogP contribution is -2.79. The van der Waals surface area contributed by atoms with Gasteiger partial charge in [0.1, 0.15) is 17.5 Å². The van der Waals surface area contributed by atoms with Crippen molar-refractivity contribution in [3.63, 3.8) is 0 Å². The molecule has 2 saturated heterocycles. The van der Waals surface area contributed by atoms with E-state index in [4.69, 9.17) is 16.3 Å². The van der Waals surface area contributed by atoms with Crippen molar-refractivity contribution in [3.8, 4) is 0 Å². The van der Waals surface area contributed by atoms with E-state index >= 15 is 0 Å². The molecule has 2 amide bonds. The van der Waals surface area contributed by atoms with Crippen LogP contribution in [0.4, 0.5) is 0 Å². The van der Waals surface area contributed by atoms with Gasteiger partial charge in [0, 0.05) is 16.5 Å². The first-order valence-corrected chi connectivity index (χ1v) is 15.8. The number of nitrogens with zero attached hydrogens (tertiary/aromatic N) is 1. The molecular weight excluding hydrogens is 560 g/mol. The number of alkyl halides is 1. The number of esters is 1. The minimum atomic E-state index is -0.880. The van der Waals surface area contributed by atoms with Gasteiger partial charge in [0.2, 0.25) is 11.8 Å². The second-order valence-corrected chi connectivity index (χ2v) is 12.8. The molecule has 0 spiro atoms. The van der Waals surface area contributed by atoms with E-state index in [1.165, 1.54) is 23.1 Å². The third-order valence-corrected chi connectivity index (χ3v) is 11.4. The number of halogens is 1. The number of benzene rings is 2. The van der Waals surface area contributed by atoms with Crippen LogP contribution in [0.1, 0.15) is 22.1 Å². The predicted octanol–water partition coefficient (Wildman–Crippen LogP) is 4.73. The average Bonchev–Trinajstić information content (AvgIpc) is 3.47. The van der Waals surface area contributed by atoms with E-state index in [2.05, 4.69) is 5.32 Å². The summed E-state index contributed by atoms with van der Waals surface area (Å²) in [4.78, 5) is 42.6. The number of thioether (sulfide) groups is 2. The highest BCUT2D eigenvalue weighted by molar-refractivity contribution is 8.04. The summed E-state index contributed by atoms with van der Waals surface area (Å²) >= 11 is 11.0. The standard InChI is InChI=1S/C28H27ClN2O4S3/c1-36-28(16-29)17-38-26-22(30-21(32)15-20-13-8-14-37-20)25(33)31(26)24(28)27(34)35-23(18-9-4-2-5-10-18)19-11-6-3-7-12-19/h2-14,22-24,26H,15-17H2,1H3,(H,30,32)/t22-,24+,26-,28-/m1/s1. The lowest BCUT2D eigenvalue weighted by Gasteiger charge is -2.58. The molecule has 198 valence electrons. The van der Waals surface area contributed by atoms with Gasteiger partial charge in [0.15, 0.2) is 6.10 Å². The van der Waals surface area contributed by atoms with E-state index in [0.717, 1.165) is 16.0 Å². The van der Waals surface area contributed by atoms with Crippen LogP contribution in [0.2, 0.25) is 0 Å². The molecule has 3 heterocycles. The fraction of sp³-hybridized carbons (Fsp3) is 0.321. The molecule has 10 heteroatoms. The maximum atomic E-state index is 14.0. The van der Waals surface area contributed by atoms with Crippen LogP contribution >= 0.6 is 46.5 Å². The van der Waals surface area contributed by atoms with Gasteiger partial charge in [-0.2, -0.15) is 11.8 Å². The fourth-order valence-corrected chi connectivity index (χ4v) is 8.93. The van der Waals surface area contributed by atoms with Crippen LogP contribution in [0, 0.1) is 0 Å². The summed E-state index contributed by atoms with van der Waals surface area (Å²) in [5.74, 6) is -0.279. The average molecular weight is 587 g/mol. The maximum Gasteiger partial charge on any atom is 0.331 e. The van der Waals surface area contributed by atoms with Crippen molar-refractivity contribution in [1.29, 1.82) is 0 Å². The molecular formula is C28H27ClN2O4S3. The van der Waals surface area contributed by atoms with Gasteiger partial charge in [-0.1, -0.05) is 66.7 Å². The molecule has 2 fully saturated rings. The molecule has 0 aliphatic carbocycles. The number of hydrogen-bond acceptors (Lipinski definition) is 7. The number of fused-ring (bicyclic) bond motifs is 1. The summed E-state index contributed by atoms with van der Waals surface area (Å²) in [6.45, 7) is 0. The zero-order valence-corrected chi connectivity index (χ0v) is 23.8. The second-order valence-electron chi connectivity index (χ2n) is 9.19. The molecule has 2 aromatic carbocycles. The Hall–Kier alpha value is -2.46. The Balaban J connectivity index is 1.39. The molecule has 0 bridgehead atoms. The molecule has 5 rings (SSSR count). The van der Waals surface area contributed by atoms with Gasteiger partial charge < -0.3 is 15.0 Å². The van der Waals surface area contributed by atoms with E-state index in [9.17, 15) is 14.4 Å². The van der Waals surface area contributed by atoms with Crippen LogP contribution in [-0.2, 0) is 25.5 Å². The van der Waals surface area contributed by atoms with Gasteiger partial charge in [0.25, 0.3) is 0 Å². The molecule has 2 aliphatic rings. The minimum absolute atomic E-state index is 0.175. The molecule has 6 nitrogen and oxygen atoms in total. The quantitative estimate of drug-likeness (QED) is 0.222. The lowest BCUT2D eigenvalue weighted by atomic mass is 9.93. The molecule has 1 aromatic heterocycles. The van der Waals surface area contributed by atoms with Crippen LogP contribution in [0.3, 0.4) is 0 Å². The minimum Gasteiger partial charge on any atom is -0.451 e. The number of carbonyl (C=O) groups excluding carboxylic acids is 3. The number of carbonyl (C=O) groups is 3. The summed E-state index contributed by atoms with van der Waals surface area (Å²) in [5, 5.41) is 4.44. The molecule has 2 aliphatic heterocycles. The predicted molar refractivity (Wildman–Crippen MR) is 155 cm³/mol. The summed E-state index contributed by atoms with van der Waals surface area (Å²) in [6.07, 6.45) is 1.49. The monoisotopic (exact) mass is 586 g/mol. The topological polar surface area (TPSA) is 75.7 Å². The molecule has 38 heavy (non-hydrogen) atoms. The van der Waals surface area contributed by atoms with Gasteiger partial charge in [-0.25, -0.2) is 4.79 Å². The maximum absolute atomic E-state index is 14.0. The summed E-state index contributed by atoms with van der Waals surface area (Å²) in [5.41, 5.74) is 1.67. The Bertz CT molecular complexity index is 1230. The number of hydrogen-bond donors (Lipinski definition) is 1. The summed E-state index contributed by atoms with van der Waals surface area (Å²) < 4.78 is 5.49. The normalized spacial score (nSPS) is 24.4. The summed E-state index contributed by atoms with van der Waals surface area (Å²) in [7, 11) is 0. The number of nitrogens with one attached hydrogen (secondary N) is 1. The fourth-order valence-electron chi connectivity index (χ4n) is 4.85. The Labute approximate surface area is 239 Å². The van der Waals surface area contributed by atoms with E-state index in [-0.39, 0.29) is 29.5 Å². The van der Waals surface area contributed by atoms with Crippen LogP contribution < -0.4 is 5.32 Å². The lowest BCUT2D eigenvalue weighted by molar-refractivity contribution is -0.169.